The topological polar surface area (TPSA) is 46.3 Å². The second-order valence-electron chi connectivity index (χ2n) is 5.48. The van der Waals surface area contributed by atoms with Gasteiger partial charge in [-0.05, 0) is 49.9 Å². The van der Waals surface area contributed by atoms with Crippen LogP contribution in [-0.2, 0) is 0 Å². The van der Waals surface area contributed by atoms with Crippen LogP contribution in [0.5, 0.6) is 0 Å². The third-order valence-electron chi connectivity index (χ3n) is 4.13. The van der Waals surface area contributed by atoms with Gasteiger partial charge in [0.25, 0.3) is 5.91 Å². The van der Waals surface area contributed by atoms with Crippen LogP contribution in [0.2, 0.25) is 0 Å². The quantitative estimate of drug-likeness (QED) is 0.829. The molecule has 3 heteroatoms. The molecule has 19 heavy (non-hydrogen) atoms. The van der Waals surface area contributed by atoms with E-state index < -0.39 is 0 Å². The molecule has 1 aliphatic rings. The second kappa shape index (κ2) is 6.09. The van der Waals surface area contributed by atoms with E-state index in [0.29, 0.717) is 6.04 Å². The van der Waals surface area contributed by atoms with Crippen LogP contribution in [0, 0.1) is 6.92 Å². The Balaban J connectivity index is 2.22. The van der Waals surface area contributed by atoms with Crippen LogP contribution in [0.3, 0.4) is 0 Å². The Bertz CT molecular complexity index is 456. The van der Waals surface area contributed by atoms with Crippen LogP contribution in [-0.4, -0.2) is 23.4 Å². The number of anilines is 1. The fourth-order valence-corrected chi connectivity index (χ4v) is 2.84. The van der Waals surface area contributed by atoms with E-state index in [0.717, 1.165) is 42.6 Å². The first-order chi connectivity index (χ1) is 9.13. The standard InChI is InChI=1S/C16H24N2O/c1-3-14-7-5-4-6-10-18(14)16(19)13-8-9-15(17)12(2)11-13/h8-9,11,14H,3-7,10,17H2,1-2H3. The van der Waals surface area contributed by atoms with Gasteiger partial charge in [0.15, 0.2) is 0 Å². The summed E-state index contributed by atoms with van der Waals surface area (Å²) in [5, 5.41) is 0. The number of aryl methyl sites for hydroxylation is 1. The Hall–Kier alpha value is -1.51. The number of amides is 1. The summed E-state index contributed by atoms with van der Waals surface area (Å²) in [6.07, 6.45) is 5.77. The number of hydrogen-bond donors (Lipinski definition) is 1. The summed E-state index contributed by atoms with van der Waals surface area (Å²) in [6, 6.07) is 5.99. The molecule has 2 rings (SSSR count). The van der Waals surface area contributed by atoms with Crippen LogP contribution in [0.25, 0.3) is 0 Å². The highest BCUT2D eigenvalue weighted by molar-refractivity contribution is 5.95. The van der Waals surface area contributed by atoms with Gasteiger partial charge in [-0.15, -0.1) is 0 Å². The molecule has 1 fully saturated rings. The average molecular weight is 260 g/mol. The van der Waals surface area contributed by atoms with Crippen molar-refractivity contribution in [3.05, 3.63) is 29.3 Å². The molecule has 0 saturated carbocycles. The molecule has 0 aromatic heterocycles. The molecule has 104 valence electrons. The number of hydrogen-bond acceptors (Lipinski definition) is 2. The highest BCUT2D eigenvalue weighted by Gasteiger charge is 2.25. The summed E-state index contributed by atoms with van der Waals surface area (Å²) in [5.41, 5.74) is 8.32. The van der Waals surface area contributed by atoms with Crippen molar-refractivity contribution >= 4 is 11.6 Å². The molecule has 0 aliphatic carbocycles. The van der Waals surface area contributed by atoms with Crippen molar-refractivity contribution in [2.45, 2.75) is 52.0 Å². The SMILES string of the molecule is CCC1CCCCCN1C(=O)c1ccc(N)c(C)c1. The van der Waals surface area contributed by atoms with E-state index in [1.54, 1.807) is 0 Å². The third-order valence-corrected chi connectivity index (χ3v) is 4.13. The largest absolute Gasteiger partial charge is 0.399 e. The summed E-state index contributed by atoms with van der Waals surface area (Å²) in [4.78, 5) is 14.7. The highest BCUT2D eigenvalue weighted by Crippen LogP contribution is 2.22. The summed E-state index contributed by atoms with van der Waals surface area (Å²) in [5.74, 6) is 0.164. The number of nitrogens with zero attached hydrogens (tertiary/aromatic N) is 1. The molecule has 1 unspecified atom stereocenters. The summed E-state index contributed by atoms with van der Waals surface area (Å²) < 4.78 is 0. The molecule has 1 heterocycles. The van der Waals surface area contributed by atoms with Gasteiger partial charge in [-0.1, -0.05) is 19.8 Å². The first-order valence-electron chi connectivity index (χ1n) is 7.30. The Morgan fingerprint density at radius 1 is 1.37 bits per heavy atom. The number of benzene rings is 1. The first-order valence-corrected chi connectivity index (χ1v) is 7.30. The lowest BCUT2D eigenvalue weighted by Gasteiger charge is -2.29. The van der Waals surface area contributed by atoms with Crippen molar-refractivity contribution < 1.29 is 4.79 Å². The Morgan fingerprint density at radius 2 is 2.16 bits per heavy atom. The van der Waals surface area contributed by atoms with Gasteiger partial charge in [-0.2, -0.15) is 0 Å². The normalized spacial score (nSPS) is 20.1. The maximum atomic E-state index is 12.7. The van der Waals surface area contributed by atoms with Crippen LogP contribution >= 0.6 is 0 Å². The molecule has 3 nitrogen and oxygen atoms in total. The van der Waals surface area contributed by atoms with Gasteiger partial charge in [0, 0.05) is 23.8 Å². The molecule has 1 atom stereocenters. The lowest BCUT2D eigenvalue weighted by atomic mass is 10.0. The van der Waals surface area contributed by atoms with E-state index in [-0.39, 0.29) is 5.91 Å². The van der Waals surface area contributed by atoms with Crippen LogP contribution in [0.15, 0.2) is 18.2 Å². The highest BCUT2D eigenvalue weighted by atomic mass is 16.2. The smallest absolute Gasteiger partial charge is 0.254 e. The van der Waals surface area contributed by atoms with Crippen molar-refractivity contribution in [3.63, 3.8) is 0 Å². The molecule has 1 aromatic rings. The molecular weight excluding hydrogens is 236 g/mol. The summed E-state index contributed by atoms with van der Waals surface area (Å²) in [7, 11) is 0. The van der Waals surface area contributed by atoms with Crippen LogP contribution < -0.4 is 5.73 Å². The summed E-state index contributed by atoms with van der Waals surface area (Å²) >= 11 is 0. The lowest BCUT2D eigenvalue weighted by Crippen LogP contribution is -2.39. The van der Waals surface area contributed by atoms with Crippen LogP contribution in [0.1, 0.15) is 54.9 Å². The van der Waals surface area contributed by atoms with E-state index in [1.165, 1.54) is 12.8 Å². The molecular formula is C16H24N2O. The minimum absolute atomic E-state index is 0.164. The van der Waals surface area contributed by atoms with E-state index >= 15 is 0 Å². The van der Waals surface area contributed by atoms with Gasteiger partial charge >= 0.3 is 0 Å². The molecule has 2 N–H and O–H groups in total. The molecule has 0 radical (unpaired) electrons. The van der Waals surface area contributed by atoms with Gasteiger partial charge < -0.3 is 10.6 Å². The zero-order valence-corrected chi connectivity index (χ0v) is 12.0. The molecule has 0 bridgehead atoms. The lowest BCUT2D eigenvalue weighted by molar-refractivity contribution is 0.0678. The molecule has 1 aromatic carbocycles. The van der Waals surface area contributed by atoms with E-state index in [4.69, 9.17) is 5.73 Å². The van der Waals surface area contributed by atoms with E-state index in [1.807, 2.05) is 25.1 Å². The number of carbonyl (C=O) groups excluding carboxylic acids is 1. The van der Waals surface area contributed by atoms with Crippen molar-refractivity contribution in [1.29, 1.82) is 0 Å². The predicted octanol–water partition coefficient (Wildman–Crippen LogP) is 3.37. The summed E-state index contributed by atoms with van der Waals surface area (Å²) in [6.45, 7) is 5.01. The van der Waals surface area contributed by atoms with Crippen molar-refractivity contribution in [2.75, 3.05) is 12.3 Å². The fourth-order valence-electron chi connectivity index (χ4n) is 2.84. The number of carbonyl (C=O) groups is 1. The van der Waals surface area contributed by atoms with E-state index in [9.17, 15) is 4.79 Å². The van der Waals surface area contributed by atoms with Gasteiger partial charge in [0.2, 0.25) is 0 Å². The molecule has 0 spiro atoms. The number of likely N-dealkylation sites (tertiary alicyclic amines) is 1. The minimum atomic E-state index is 0.164. The first kappa shape index (κ1) is 13.9. The van der Waals surface area contributed by atoms with Gasteiger partial charge in [-0.3, -0.25) is 4.79 Å². The van der Waals surface area contributed by atoms with Gasteiger partial charge in [-0.25, -0.2) is 0 Å². The molecule has 1 saturated heterocycles. The maximum absolute atomic E-state index is 12.7. The Labute approximate surface area is 115 Å². The number of nitrogen functional groups attached to an aromatic ring is 1. The number of nitrogens with two attached hydrogens (primary N) is 1. The number of rotatable bonds is 2. The van der Waals surface area contributed by atoms with Crippen molar-refractivity contribution in [1.82, 2.24) is 4.90 Å². The second-order valence-corrected chi connectivity index (χ2v) is 5.48. The van der Waals surface area contributed by atoms with Crippen LogP contribution in [0.4, 0.5) is 5.69 Å². The zero-order valence-electron chi connectivity index (χ0n) is 12.0. The van der Waals surface area contributed by atoms with Crippen molar-refractivity contribution in [3.8, 4) is 0 Å². The van der Waals surface area contributed by atoms with Gasteiger partial charge in [0.05, 0.1) is 0 Å². The Kier molecular flexibility index (Phi) is 4.46. The maximum Gasteiger partial charge on any atom is 0.254 e. The van der Waals surface area contributed by atoms with Gasteiger partial charge in [0.1, 0.15) is 0 Å². The monoisotopic (exact) mass is 260 g/mol. The average Bonchev–Trinajstić information content (AvgIpc) is 2.66. The Morgan fingerprint density at radius 3 is 2.84 bits per heavy atom. The molecule has 1 amide bonds. The predicted molar refractivity (Wildman–Crippen MR) is 79.2 cm³/mol. The van der Waals surface area contributed by atoms with E-state index in [2.05, 4.69) is 11.8 Å². The fraction of sp³-hybridized carbons (Fsp3) is 0.562. The third kappa shape index (κ3) is 3.09. The molecule has 1 aliphatic heterocycles. The zero-order chi connectivity index (χ0) is 13.8. The minimum Gasteiger partial charge on any atom is -0.399 e. The van der Waals surface area contributed by atoms with Crippen molar-refractivity contribution in [2.24, 2.45) is 0 Å².